The van der Waals surface area contributed by atoms with Crippen molar-refractivity contribution in [3.05, 3.63) is 128 Å². The molecular formula is C50H60B2Br2N4O5. The highest BCUT2D eigenvalue weighted by atomic mass is 79.9. The molecule has 2 aliphatic carbocycles. The largest absolute Gasteiger partial charge is 0.494 e. The van der Waals surface area contributed by atoms with Crippen LogP contribution in [0.3, 0.4) is 0 Å². The zero-order valence-corrected chi connectivity index (χ0v) is 41.0. The second-order valence-corrected chi connectivity index (χ2v) is 21.3. The molecule has 2 atom stereocenters. The fourth-order valence-electron chi connectivity index (χ4n) is 8.94. The molecular weight excluding hydrogens is 918 g/mol. The summed E-state index contributed by atoms with van der Waals surface area (Å²) in [5.74, 6) is 0. The summed E-state index contributed by atoms with van der Waals surface area (Å²) in [6.45, 7) is 17.2. The number of nitrogens with two attached hydrogens (primary N) is 1. The number of halogens is 2. The third-order valence-corrected chi connectivity index (χ3v) is 15.0. The molecule has 330 valence electrons. The van der Waals surface area contributed by atoms with Crippen LogP contribution in [0, 0.1) is 0 Å². The van der Waals surface area contributed by atoms with Gasteiger partial charge in [-0.15, -0.1) is 0 Å². The molecule has 0 unspecified atom stereocenters. The van der Waals surface area contributed by atoms with Crippen molar-refractivity contribution in [2.75, 3.05) is 0 Å². The van der Waals surface area contributed by atoms with Gasteiger partial charge in [0.15, 0.2) is 0 Å². The smallest absolute Gasteiger partial charge is 0.399 e. The van der Waals surface area contributed by atoms with E-state index in [2.05, 4.69) is 136 Å². The predicted molar refractivity (Wildman–Crippen MR) is 264 cm³/mol. The summed E-state index contributed by atoms with van der Waals surface area (Å²) < 4.78 is 26.6. The van der Waals surface area contributed by atoms with Crippen molar-refractivity contribution < 1.29 is 23.4 Å². The Balaban J connectivity index is 0.000000143. The minimum atomic E-state index is -0.403. The van der Waals surface area contributed by atoms with Crippen LogP contribution in [0.25, 0.3) is 21.8 Å². The standard InChI is InChI=1S/C25H30BBrN2O2.C13H17BO3.C12H13BrN2/c1-24(2)25(3,4)31-26(30-24)17-8-5-7-16(13-17)15-28-22-10-6-9-19-20-14-18(27)11-12-21(20)29-23(19)22;1-12(2)13(3,4)17-14(16-12)11-7-5-6-10(8-11)9-15;13-7-4-5-11-9(6-7)8-2-1-3-10(14)12(8)15-11/h5,7-8,11-14,22,28-29H,6,9-10,15H2,1-4H3;5-9H,1-4H3;4-6,10,15H,1-3,14H2/t22-;;10-/m1.1/s1. The van der Waals surface area contributed by atoms with Gasteiger partial charge >= 0.3 is 14.2 Å². The summed E-state index contributed by atoms with van der Waals surface area (Å²) >= 11 is 7.13. The summed E-state index contributed by atoms with van der Waals surface area (Å²) in [5, 5.41) is 6.47. The Hall–Kier alpha value is -3.52. The number of rotatable bonds is 6. The van der Waals surface area contributed by atoms with Gasteiger partial charge in [0.05, 0.1) is 22.4 Å². The highest BCUT2D eigenvalue weighted by Gasteiger charge is 2.52. The molecule has 2 fully saturated rings. The molecule has 63 heavy (non-hydrogen) atoms. The zero-order valence-electron chi connectivity index (χ0n) is 37.8. The normalized spacial score (nSPS) is 21.6. The van der Waals surface area contributed by atoms with Gasteiger partial charge in [0.1, 0.15) is 6.29 Å². The lowest BCUT2D eigenvalue weighted by molar-refractivity contribution is 0.00578. The number of nitrogens with one attached hydrogen (secondary N) is 3. The minimum absolute atomic E-state index is 0.194. The van der Waals surface area contributed by atoms with E-state index < -0.39 is 7.12 Å². The number of hydrogen-bond donors (Lipinski definition) is 4. The number of hydrogen-bond acceptors (Lipinski definition) is 7. The van der Waals surface area contributed by atoms with Crippen LogP contribution in [0.5, 0.6) is 0 Å². The van der Waals surface area contributed by atoms with Gasteiger partial charge in [0.25, 0.3) is 0 Å². The Kier molecular flexibility index (Phi) is 13.2. The molecule has 0 spiro atoms. The number of aldehydes is 1. The lowest BCUT2D eigenvalue weighted by Gasteiger charge is -2.32. The topological polar surface area (TPSA) is 124 Å². The van der Waals surface area contributed by atoms with E-state index in [4.69, 9.17) is 24.4 Å². The Bertz CT molecular complexity index is 2590. The van der Waals surface area contributed by atoms with Crippen molar-refractivity contribution in [2.45, 2.75) is 135 Å². The lowest BCUT2D eigenvalue weighted by atomic mass is 9.78. The van der Waals surface area contributed by atoms with Gasteiger partial charge in [-0.2, -0.15) is 0 Å². The van der Waals surface area contributed by atoms with Crippen molar-refractivity contribution in [1.29, 1.82) is 0 Å². The van der Waals surface area contributed by atoms with Crippen LogP contribution < -0.4 is 22.0 Å². The van der Waals surface area contributed by atoms with E-state index in [-0.39, 0.29) is 35.6 Å². The maximum absolute atomic E-state index is 10.7. The van der Waals surface area contributed by atoms with E-state index in [1.54, 1.807) is 12.1 Å². The van der Waals surface area contributed by atoms with E-state index >= 15 is 0 Å². The van der Waals surface area contributed by atoms with Crippen LogP contribution in [0.15, 0.2) is 93.9 Å². The number of H-pyrrole nitrogens is 2. The summed E-state index contributed by atoms with van der Waals surface area (Å²) in [4.78, 5) is 17.9. The second kappa shape index (κ2) is 18.0. The maximum Gasteiger partial charge on any atom is 0.494 e. The van der Waals surface area contributed by atoms with Crippen molar-refractivity contribution in [1.82, 2.24) is 15.3 Å². The molecule has 2 aromatic heterocycles. The molecule has 0 radical (unpaired) electrons. The third-order valence-electron chi connectivity index (χ3n) is 14.0. The quantitative estimate of drug-likeness (QED) is 0.0968. The first-order chi connectivity index (χ1) is 29.8. The van der Waals surface area contributed by atoms with E-state index in [0.29, 0.717) is 11.6 Å². The van der Waals surface area contributed by atoms with Crippen molar-refractivity contribution in [2.24, 2.45) is 5.73 Å². The first kappa shape index (κ1) is 46.0. The molecule has 0 amide bonds. The van der Waals surface area contributed by atoms with Gasteiger partial charge in [-0.1, -0.05) is 80.4 Å². The molecule has 10 rings (SSSR count). The Labute approximate surface area is 389 Å². The molecule has 0 saturated carbocycles. The number of carbonyl (C=O) groups excluding carboxylic acids is 1. The van der Waals surface area contributed by atoms with E-state index in [9.17, 15) is 4.79 Å². The third kappa shape index (κ3) is 9.59. The fraction of sp³-hybridized carbons (Fsp3) is 0.420. The van der Waals surface area contributed by atoms with Crippen LogP contribution in [-0.4, -0.2) is 52.9 Å². The molecule has 2 saturated heterocycles. The van der Waals surface area contributed by atoms with Gasteiger partial charge in [0, 0.05) is 66.3 Å². The summed E-state index contributed by atoms with van der Waals surface area (Å²) in [7, 11) is -0.724. The highest BCUT2D eigenvalue weighted by Crippen LogP contribution is 2.39. The summed E-state index contributed by atoms with van der Waals surface area (Å²) in [6.07, 6.45) is 7.78. The molecule has 13 heteroatoms. The number of benzene rings is 4. The van der Waals surface area contributed by atoms with Gasteiger partial charge in [-0.25, -0.2) is 0 Å². The van der Waals surface area contributed by atoms with Crippen LogP contribution in [0.4, 0.5) is 0 Å². The zero-order chi connectivity index (χ0) is 44.9. The van der Waals surface area contributed by atoms with Gasteiger partial charge < -0.3 is 39.6 Å². The summed E-state index contributed by atoms with van der Waals surface area (Å²) in [5.41, 5.74) is 16.5. The van der Waals surface area contributed by atoms with Crippen molar-refractivity contribution in [3.63, 3.8) is 0 Å². The van der Waals surface area contributed by atoms with Crippen LogP contribution in [-0.2, 0) is 38.0 Å². The second-order valence-electron chi connectivity index (χ2n) is 19.4. The van der Waals surface area contributed by atoms with Crippen LogP contribution in [0.2, 0.25) is 0 Å². The fourth-order valence-corrected chi connectivity index (χ4v) is 9.66. The van der Waals surface area contributed by atoms with E-state index in [1.165, 1.54) is 62.7 Å². The minimum Gasteiger partial charge on any atom is -0.399 e. The Morgan fingerprint density at radius 2 is 1.16 bits per heavy atom. The average molecular weight is 978 g/mol. The molecule has 2 aliphatic heterocycles. The number of aromatic nitrogens is 2. The van der Waals surface area contributed by atoms with Crippen LogP contribution in [0.1, 0.15) is 132 Å². The average Bonchev–Trinajstić information content (AvgIpc) is 3.94. The maximum atomic E-state index is 10.7. The molecule has 9 nitrogen and oxygen atoms in total. The van der Waals surface area contributed by atoms with Gasteiger partial charge in [-0.3, -0.25) is 4.79 Å². The SMILES string of the molecule is CC1(C)OB(c2cccc(C=O)c2)OC1(C)C.CC1(C)OB(c2cccc(CN[C@@H]3CCCc4c3[nH]c3ccc(Br)cc43)c2)OC1(C)C.N[C@@H]1CCCc2c1[nH]c1ccc(Br)cc21. The molecule has 4 aromatic carbocycles. The number of fused-ring (bicyclic) bond motifs is 6. The van der Waals surface area contributed by atoms with Crippen LogP contribution >= 0.6 is 31.9 Å². The number of aryl methyl sites for hydroxylation is 2. The monoisotopic (exact) mass is 976 g/mol. The van der Waals surface area contributed by atoms with Gasteiger partial charge in [0.2, 0.25) is 0 Å². The highest BCUT2D eigenvalue weighted by molar-refractivity contribution is 9.10. The van der Waals surface area contributed by atoms with Crippen molar-refractivity contribution in [3.8, 4) is 0 Å². The van der Waals surface area contributed by atoms with E-state index in [1.807, 2.05) is 39.8 Å². The predicted octanol–water partition coefficient (Wildman–Crippen LogP) is 10.5. The number of carbonyl (C=O) groups is 1. The Morgan fingerprint density at radius 3 is 1.71 bits per heavy atom. The van der Waals surface area contributed by atoms with Gasteiger partial charge in [-0.05, 0) is 158 Å². The molecule has 4 aliphatic rings. The number of aromatic amines is 2. The molecule has 4 heterocycles. The Morgan fingerprint density at radius 1 is 0.667 bits per heavy atom. The summed E-state index contributed by atoms with van der Waals surface area (Å²) in [6, 6.07) is 29.3. The molecule has 0 bridgehead atoms. The van der Waals surface area contributed by atoms with Crippen molar-refractivity contribution >= 4 is 85.1 Å². The first-order valence-electron chi connectivity index (χ1n) is 22.3. The molecule has 6 aromatic rings. The lowest BCUT2D eigenvalue weighted by Crippen LogP contribution is -2.41. The van der Waals surface area contributed by atoms with E-state index in [0.717, 1.165) is 58.4 Å². The molecule has 5 N–H and O–H groups in total. The first-order valence-corrected chi connectivity index (χ1v) is 23.9.